The molecule has 0 bridgehead atoms. The van der Waals surface area contributed by atoms with Gasteiger partial charge in [0.15, 0.2) is 0 Å². The van der Waals surface area contributed by atoms with Crippen molar-refractivity contribution in [3.63, 3.8) is 0 Å². The van der Waals surface area contributed by atoms with E-state index in [-0.39, 0.29) is 11.5 Å². The molecule has 1 unspecified atom stereocenters. The number of azide groups is 1. The molecular weight excluding hydrogens is 258 g/mol. The largest absolute Gasteiger partial charge is 0.0867 e. The molecule has 0 saturated heterocycles. The minimum Gasteiger partial charge on any atom is -0.0867 e. The molecule has 3 heteroatoms. The summed E-state index contributed by atoms with van der Waals surface area (Å²) in [7, 11) is 0. The minimum atomic E-state index is -0.330. The molecule has 3 nitrogen and oxygen atoms in total. The summed E-state index contributed by atoms with van der Waals surface area (Å²) in [5, 5.41) is 4.19. The highest BCUT2D eigenvalue weighted by Gasteiger charge is 2.34. The maximum atomic E-state index is 8.97. The van der Waals surface area contributed by atoms with Crippen molar-refractivity contribution in [1.29, 1.82) is 0 Å². The normalized spacial score (nSPS) is 13.1. The number of aryl methyl sites for hydroxylation is 1. The first kappa shape index (κ1) is 17.6. The van der Waals surface area contributed by atoms with E-state index in [0.717, 1.165) is 12.8 Å². The lowest BCUT2D eigenvalue weighted by Crippen LogP contribution is -2.31. The Hall–Kier alpha value is -1.47. The van der Waals surface area contributed by atoms with Crippen LogP contribution in [0.4, 0.5) is 0 Å². The third-order valence-electron chi connectivity index (χ3n) is 5.09. The van der Waals surface area contributed by atoms with Gasteiger partial charge in [-0.2, -0.15) is 0 Å². The Bertz CT molecular complexity index is 536. The molecule has 0 heterocycles. The van der Waals surface area contributed by atoms with Gasteiger partial charge in [-0.15, -0.1) is 0 Å². The van der Waals surface area contributed by atoms with Gasteiger partial charge >= 0.3 is 0 Å². The predicted molar refractivity (Wildman–Crippen MR) is 90.9 cm³/mol. The molecule has 1 aromatic rings. The molecule has 0 aliphatic heterocycles. The van der Waals surface area contributed by atoms with Gasteiger partial charge in [-0.1, -0.05) is 51.9 Å². The number of rotatable bonds is 6. The van der Waals surface area contributed by atoms with E-state index in [2.05, 4.69) is 70.6 Å². The van der Waals surface area contributed by atoms with E-state index in [1.807, 2.05) is 0 Å². The van der Waals surface area contributed by atoms with Crippen molar-refractivity contribution < 1.29 is 0 Å². The summed E-state index contributed by atoms with van der Waals surface area (Å²) < 4.78 is 0. The summed E-state index contributed by atoms with van der Waals surface area (Å²) in [5.74, 6) is 0.732. The smallest absolute Gasteiger partial charge is 0.0548 e. The molecule has 0 spiro atoms. The Kier molecular flexibility index (Phi) is 5.86. The molecule has 1 atom stereocenters. The van der Waals surface area contributed by atoms with Crippen LogP contribution < -0.4 is 0 Å². The van der Waals surface area contributed by atoms with Crippen LogP contribution in [-0.2, 0) is 0 Å². The Morgan fingerprint density at radius 2 is 1.71 bits per heavy atom. The summed E-state index contributed by atoms with van der Waals surface area (Å²) in [5.41, 5.74) is 14.1. The summed E-state index contributed by atoms with van der Waals surface area (Å²) in [6.45, 7) is 15.3. The molecule has 1 aromatic carbocycles. The molecule has 0 N–H and O–H groups in total. The maximum Gasteiger partial charge on any atom is 0.0548 e. The average molecular weight is 287 g/mol. The van der Waals surface area contributed by atoms with E-state index in [1.165, 1.54) is 22.3 Å². The third-order valence-corrected chi connectivity index (χ3v) is 5.09. The standard InChI is InChI=1S/C18H29N3/c1-8-18(9-2,20-21-19)15(7)16-11-10-13(5)17(12(3)4)14(16)6/h10-12,15H,8-9H2,1-7H3. The van der Waals surface area contributed by atoms with E-state index in [0.29, 0.717) is 5.92 Å². The lowest BCUT2D eigenvalue weighted by Gasteiger charge is -2.35. The zero-order valence-corrected chi connectivity index (χ0v) is 14.6. The lowest BCUT2D eigenvalue weighted by atomic mass is 9.74. The van der Waals surface area contributed by atoms with Gasteiger partial charge in [-0.25, -0.2) is 0 Å². The van der Waals surface area contributed by atoms with Gasteiger partial charge in [0.05, 0.1) is 5.54 Å². The molecule has 0 aromatic heterocycles. The summed E-state index contributed by atoms with van der Waals surface area (Å²) in [6, 6.07) is 4.43. The summed E-state index contributed by atoms with van der Waals surface area (Å²) in [6.07, 6.45) is 1.72. The van der Waals surface area contributed by atoms with Crippen molar-refractivity contribution in [1.82, 2.24) is 0 Å². The second-order valence-electron chi connectivity index (χ2n) is 6.39. The maximum absolute atomic E-state index is 8.97. The monoisotopic (exact) mass is 287 g/mol. The van der Waals surface area contributed by atoms with E-state index in [4.69, 9.17) is 5.53 Å². The molecule has 0 aliphatic carbocycles. The molecule has 0 aliphatic rings. The van der Waals surface area contributed by atoms with Crippen LogP contribution in [0.3, 0.4) is 0 Å². The average Bonchev–Trinajstić information content (AvgIpc) is 2.44. The Morgan fingerprint density at radius 3 is 2.14 bits per heavy atom. The van der Waals surface area contributed by atoms with Crippen molar-refractivity contribution in [2.24, 2.45) is 5.11 Å². The number of nitrogens with zero attached hydrogens (tertiary/aromatic N) is 3. The zero-order chi connectivity index (χ0) is 16.2. The number of hydrogen-bond donors (Lipinski definition) is 0. The predicted octanol–water partition coefficient (Wildman–Crippen LogP) is 6.40. The fourth-order valence-electron chi connectivity index (χ4n) is 3.71. The summed E-state index contributed by atoms with van der Waals surface area (Å²) >= 11 is 0. The van der Waals surface area contributed by atoms with E-state index < -0.39 is 0 Å². The van der Waals surface area contributed by atoms with Gasteiger partial charge in [0.25, 0.3) is 0 Å². The van der Waals surface area contributed by atoms with Crippen molar-refractivity contribution in [2.45, 2.75) is 78.7 Å². The van der Waals surface area contributed by atoms with Crippen molar-refractivity contribution in [3.05, 3.63) is 44.8 Å². The van der Waals surface area contributed by atoms with E-state index in [1.54, 1.807) is 0 Å². The quantitative estimate of drug-likeness (QED) is 0.330. The highest BCUT2D eigenvalue weighted by molar-refractivity contribution is 5.44. The second-order valence-corrected chi connectivity index (χ2v) is 6.39. The van der Waals surface area contributed by atoms with Crippen LogP contribution in [0.2, 0.25) is 0 Å². The van der Waals surface area contributed by atoms with Crippen LogP contribution in [0, 0.1) is 13.8 Å². The molecular formula is C18H29N3. The minimum absolute atomic E-state index is 0.224. The molecule has 1 rings (SSSR count). The fraction of sp³-hybridized carbons (Fsp3) is 0.667. The van der Waals surface area contributed by atoms with Crippen LogP contribution in [0.15, 0.2) is 17.2 Å². The van der Waals surface area contributed by atoms with E-state index in [9.17, 15) is 0 Å². The second kappa shape index (κ2) is 7.00. The summed E-state index contributed by atoms with van der Waals surface area (Å²) in [4.78, 5) is 3.13. The number of hydrogen-bond acceptors (Lipinski definition) is 1. The van der Waals surface area contributed by atoms with E-state index >= 15 is 0 Å². The van der Waals surface area contributed by atoms with Crippen molar-refractivity contribution in [2.75, 3.05) is 0 Å². The molecule has 0 radical (unpaired) electrons. The van der Waals surface area contributed by atoms with Crippen LogP contribution in [0.1, 0.15) is 81.5 Å². The third kappa shape index (κ3) is 3.24. The van der Waals surface area contributed by atoms with Gasteiger partial charge in [0.2, 0.25) is 0 Å². The van der Waals surface area contributed by atoms with Crippen LogP contribution >= 0.6 is 0 Å². The lowest BCUT2D eigenvalue weighted by molar-refractivity contribution is 0.334. The van der Waals surface area contributed by atoms with Crippen molar-refractivity contribution >= 4 is 0 Å². The molecule has 0 fully saturated rings. The van der Waals surface area contributed by atoms with Crippen LogP contribution in [0.25, 0.3) is 10.4 Å². The van der Waals surface area contributed by atoms with Gasteiger partial charge in [0, 0.05) is 4.91 Å². The van der Waals surface area contributed by atoms with Crippen molar-refractivity contribution in [3.8, 4) is 0 Å². The van der Waals surface area contributed by atoms with Gasteiger partial charge in [-0.3, -0.25) is 0 Å². The molecule has 0 amide bonds. The topological polar surface area (TPSA) is 48.8 Å². The molecule has 0 saturated carbocycles. The first-order valence-corrected chi connectivity index (χ1v) is 8.00. The number of benzene rings is 1. The zero-order valence-electron chi connectivity index (χ0n) is 14.6. The fourth-order valence-corrected chi connectivity index (χ4v) is 3.71. The highest BCUT2D eigenvalue weighted by atomic mass is 15.2. The Morgan fingerprint density at radius 1 is 1.14 bits per heavy atom. The van der Waals surface area contributed by atoms with Gasteiger partial charge < -0.3 is 0 Å². The van der Waals surface area contributed by atoms with Gasteiger partial charge in [0.1, 0.15) is 0 Å². The Balaban J connectivity index is 3.46. The SMILES string of the molecule is CCC(CC)(N=[N+]=[N-])C(C)c1ccc(C)c(C(C)C)c1C. The van der Waals surface area contributed by atoms with Crippen LogP contribution in [0.5, 0.6) is 0 Å². The van der Waals surface area contributed by atoms with Gasteiger partial charge in [-0.05, 0) is 66.3 Å². The molecule has 21 heavy (non-hydrogen) atoms. The highest BCUT2D eigenvalue weighted by Crippen LogP contribution is 2.40. The van der Waals surface area contributed by atoms with Crippen LogP contribution in [-0.4, -0.2) is 5.54 Å². The Labute approximate surface area is 129 Å². The first-order chi connectivity index (χ1) is 9.84. The first-order valence-electron chi connectivity index (χ1n) is 8.00. The molecule has 116 valence electrons.